The van der Waals surface area contributed by atoms with Crippen LogP contribution in [-0.2, 0) is 10.5 Å². The largest absolute Gasteiger partial charge is 0.433 e. The molecule has 0 spiro atoms. The van der Waals surface area contributed by atoms with Crippen molar-refractivity contribution in [2.75, 3.05) is 11.1 Å². The third-order valence-corrected chi connectivity index (χ3v) is 4.11. The molecule has 0 aliphatic rings. The lowest BCUT2D eigenvalue weighted by atomic mass is 10.1. The van der Waals surface area contributed by atoms with E-state index in [1.807, 2.05) is 31.2 Å². The summed E-state index contributed by atoms with van der Waals surface area (Å²) >= 11 is 1.47. The molecule has 6 heteroatoms. The summed E-state index contributed by atoms with van der Waals surface area (Å²) in [6.07, 6.45) is 0. The monoisotopic (exact) mass is 337 g/mol. The lowest BCUT2D eigenvalue weighted by molar-refractivity contribution is -0.113. The number of carbonyl (C=O) groups excluding carboxylic acids is 1. The fourth-order valence-corrected chi connectivity index (χ4v) is 2.88. The molecule has 0 unspecified atom stereocenters. The molecule has 122 valence electrons. The van der Waals surface area contributed by atoms with Gasteiger partial charge >= 0.3 is 6.61 Å². The first kappa shape index (κ1) is 17.3. The number of para-hydroxylation sites is 2. The maximum atomic E-state index is 12.3. The number of hydrogen-bond donors (Lipinski definition) is 1. The van der Waals surface area contributed by atoms with E-state index in [1.165, 1.54) is 35.0 Å². The Morgan fingerprint density at radius 1 is 1.17 bits per heavy atom. The number of hydrogen-bond acceptors (Lipinski definition) is 3. The molecule has 1 N–H and O–H groups in total. The highest BCUT2D eigenvalue weighted by atomic mass is 32.2. The number of nitrogens with one attached hydrogen (secondary N) is 1. The quantitative estimate of drug-likeness (QED) is 0.810. The standard InChI is InChI=1S/C17H17F2NO2S/c1-12-6-2-3-7-13(12)10-23-11-16(21)20-14-8-4-5-9-15(14)22-17(18)19/h2-9,17H,10-11H2,1H3,(H,20,21). The van der Waals surface area contributed by atoms with Crippen molar-refractivity contribution in [3.63, 3.8) is 0 Å². The number of ether oxygens (including phenoxy) is 1. The molecule has 0 aromatic heterocycles. The molecule has 3 nitrogen and oxygen atoms in total. The van der Waals surface area contributed by atoms with Gasteiger partial charge in [0.2, 0.25) is 5.91 Å². The van der Waals surface area contributed by atoms with E-state index in [1.54, 1.807) is 12.1 Å². The van der Waals surface area contributed by atoms with Crippen LogP contribution in [0.15, 0.2) is 48.5 Å². The van der Waals surface area contributed by atoms with Crippen molar-refractivity contribution < 1.29 is 18.3 Å². The maximum Gasteiger partial charge on any atom is 0.387 e. The van der Waals surface area contributed by atoms with Crippen molar-refractivity contribution in [2.24, 2.45) is 0 Å². The minimum Gasteiger partial charge on any atom is -0.433 e. The van der Waals surface area contributed by atoms with Gasteiger partial charge in [0.25, 0.3) is 0 Å². The van der Waals surface area contributed by atoms with Gasteiger partial charge in [-0.3, -0.25) is 4.79 Å². The van der Waals surface area contributed by atoms with E-state index >= 15 is 0 Å². The van der Waals surface area contributed by atoms with Crippen molar-refractivity contribution in [3.8, 4) is 5.75 Å². The number of carbonyl (C=O) groups is 1. The molecule has 0 aliphatic carbocycles. The van der Waals surface area contributed by atoms with Gasteiger partial charge < -0.3 is 10.1 Å². The van der Waals surface area contributed by atoms with Crippen molar-refractivity contribution >= 4 is 23.4 Å². The van der Waals surface area contributed by atoms with Gasteiger partial charge in [-0.1, -0.05) is 36.4 Å². The van der Waals surface area contributed by atoms with Gasteiger partial charge in [0.15, 0.2) is 0 Å². The molecule has 0 radical (unpaired) electrons. The lowest BCUT2D eigenvalue weighted by Gasteiger charge is -2.11. The van der Waals surface area contributed by atoms with Gasteiger partial charge in [-0.2, -0.15) is 8.78 Å². The summed E-state index contributed by atoms with van der Waals surface area (Å²) in [5.74, 6) is 0.653. The zero-order chi connectivity index (χ0) is 16.7. The topological polar surface area (TPSA) is 38.3 Å². The highest BCUT2D eigenvalue weighted by Crippen LogP contribution is 2.25. The van der Waals surface area contributed by atoms with Crippen molar-refractivity contribution in [2.45, 2.75) is 19.3 Å². The van der Waals surface area contributed by atoms with Gasteiger partial charge in [-0.05, 0) is 30.2 Å². The number of thioether (sulfide) groups is 1. The van der Waals surface area contributed by atoms with Crippen LogP contribution < -0.4 is 10.1 Å². The number of halogens is 2. The maximum absolute atomic E-state index is 12.3. The summed E-state index contributed by atoms with van der Waals surface area (Å²) in [6, 6.07) is 14.1. The average molecular weight is 337 g/mol. The molecular formula is C17H17F2NO2S. The fourth-order valence-electron chi connectivity index (χ4n) is 1.98. The third kappa shape index (κ3) is 5.56. The zero-order valence-electron chi connectivity index (χ0n) is 12.6. The Morgan fingerprint density at radius 2 is 1.87 bits per heavy atom. The Balaban J connectivity index is 1.87. The third-order valence-electron chi connectivity index (χ3n) is 3.13. The highest BCUT2D eigenvalue weighted by Gasteiger charge is 2.11. The van der Waals surface area contributed by atoms with Crippen LogP contribution >= 0.6 is 11.8 Å². The van der Waals surface area contributed by atoms with Crippen molar-refractivity contribution in [3.05, 3.63) is 59.7 Å². The molecule has 2 aromatic carbocycles. The van der Waals surface area contributed by atoms with Crippen molar-refractivity contribution in [1.29, 1.82) is 0 Å². The number of aryl methyl sites for hydroxylation is 1. The molecule has 23 heavy (non-hydrogen) atoms. The Labute approximate surface area is 138 Å². The van der Waals surface area contributed by atoms with Crippen LogP contribution in [0.25, 0.3) is 0 Å². The number of alkyl halides is 2. The van der Waals surface area contributed by atoms with E-state index in [4.69, 9.17) is 0 Å². The fraction of sp³-hybridized carbons (Fsp3) is 0.235. The van der Waals surface area contributed by atoms with E-state index < -0.39 is 6.61 Å². The molecule has 0 saturated carbocycles. The average Bonchev–Trinajstić information content (AvgIpc) is 2.51. The first-order chi connectivity index (χ1) is 11.1. The zero-order valence-corrected chi connectivity index (χ0v) is 13.4. The predicted octanol–water partition coefficient (Wildman–Crippen LogP) is 4.47. The molecule has 0 atom stereocenters. The number of rotatable bonds is 7. The Bertz CT molecular complexity index is 665. The summed E-state index contributed by atoms with van der Waals surface area (Å²) in [5.41, 5.74) is 2.59. The molecule has 0 heterocycles. The predicted molar refractivity (Wildman–Crippen MR) is 89.0 cm³/mol. The van der Waals surface area contributed by atoms with Gasteiger partial charge in [-0.25, -0.2) is 0 Å². The van der Waals surface area contributed by atoms with E-state index in [9.17, 15) is 13.6 Å². The molecule has 2 rings (SSSR count). The second-order valence-electron chi connectivity index (χ2n) is 4.84. The van der Waals surface area contributed by atoms with Crippen LogP contribution in [0.2, 0.25) is 0 Å². The van der Waals surface area contributed by atoms with Crippen LogP contribution in [0.5, 0.6) is 5.75 Å². The van der Waals surface area contributed by atoms with Crippen LogP contribution in [0, 0.1) is 6.92 Å². The van der Waals surface area contributed by atoms with Gasteiger partial charge in [0, 0.05) is 5.75 Å². The van der Waals surface area contributed by atoms with Crippen LogP contribution in [0.1, 0.15) is 11.1 Å². The second-order valence-corrected chi connectivity index (χ2v) is 5.83. The molecular weight excluding hydrogens is 320 g/mol. The minimum atomic E-state index is -2.93. The Kier molecular flexibility index (Phi) is 6.40. The molecule has 0 fully saturated rings. The van der Waals surface area contributed by atoms with E-state index in [-0.39, 0.29) is 23.1 Å². The summed E-state index contributed by atoms with van der Waals surface area (Å²) in [6.45, 7) is -0.906. The number of amides is 1. The lowest BCUT2D eigenvalue weighted by Crippen LogP contribution is -2.15. The van der Waals surface area contributed by atoms with E-state index in [0.717, 1.165) is 5.75 Å². The Morgan fingerprint density at radius 3 is 2.61 bits per heavy atom. The number of benzene rings is 2. The SMILES string of the molecule is Cc1ccccc1CSCC(=O)Nc1ccccc1OC(F)F. The van der Waals surface area contributed by atoms with E-state index in [2.05, 4.69) is 10.1 Å². The highest BCUT2D eigenvalue weighted by molar-refractivity contribution is 7.99. The molecule has 0 aliphatic heterocycles. The van der Waals surface area contributed by atoms with Crippen molar-refractivity contribution in [1.82, 2.24) is 0 Å². The van der Waals surface area contributed by atoms with Gasteiger partial charge in [0.05, 0.1) is 11.4 Å². The summed E-state index contributed by atoms with van der Waals surface area (Å²) < 4.78 is 29.0. The summed E-state index contributed by atoms with van der Waals surface area (Å²) in [5, 5.41) is 2.60. The van der Waals surface area contributed by atoms with Crippen LogP contribution in [0.3, 0.4) is 0 Å². The van der Waals surface area contributed by atoms with E-state index in [0.29, 0.717) is 0 Å². The molecule has 2 aromatic rings. The van der Waals surface area contributed by atoms with Crippen LogP contribution in [0.4, 0.5) is 14.5 Å². The molecule has 1 amide bonds. The normalized spacial score (nSPS) is 10.6. The first-order valence-electron chi connectivity index (χ1n) is 7.02. The second kappa shape index (κ2) is 8.53. The minimum absolute atomic E-state index is 0.0419. The van der Waals surface area contributed by atoms with Crippen LogP contribution in [-0.4, -0.2) is 18.3 Å². The summed E-state index contributed by atoms with van der Waals surface area (Å²) in [7, 11) is 0. The molecule has 0 bridgehead atoms. The Hall–Kier alpha value is -2.08. The van der Waals surface area contributed by atoms with Gasteiger partial charge in [-0.15, -0.1) is 11.8 Å². The smallest absolute Gasteiger partial charge is 0.387 e. The number of anilines is 1. The summed E-state index contributed by atoms with van der Waals surface area (Å²) in [4.78, 5) is 12.0. The first-order valence-corrected chi connectivity index (χ1v) is 8.17. The molecule has 0 saturated heterocycles. The van der Waals surface area contributed by atoms with Gasteiger partial charge in [0.1, 0.15) is 5.75 Å².